The van der Waals surface area contributed by atoms with Crippen LogP contribution in [0.1, 0.15) is 0 Å². The molecule has 0 saturated carbocycles. The number of hydrogen-bond acceptors (Lipinski definition) is 1. The average molecular weight is 218 g/mol. The summed E-state index contributed by atoms with van der Waals surface area (Å²) < 4.78 is 2.15. The molecule has 0 N–H and O–H groups in total. The summed E-state index contributed by atoms with van der Waals surface area (Å²) in [6, 6.07) is 16.9. The first-order chi connectivity index (χ1) is 8.43. The number of aromatic nitrogens is 2. The van der Waals surface area contributed by atoms with Crippen molar-refractivity contribution in [3.8, 4) is 0 Å². The molecule has 0 radical (unpaired) electrons. The molecule has 3 heterocycles. The predicted octanol–water partition coefficient (Wildman–Crippen LogP) is 3.64. The van der Waals surface area contributed by atoms with E-state index in [1.807, 2.05) is 12.3 Å². The SMILES string of the molecule is c1ccc2c(c1)ccn1c2cc2cccnc21. The van der Waals surface area contributed by atoms with Gasteiger partial charge in [-0.1, -0.05) is 24.3 Å². The lowest BCUT2D eigenvalue weighted by molar-refractivity contribution is 1.21. The lowest BCUT2D eigenvalue weighted by Gasteiger charge is -2.01. The number of hydrogen-bond donors (Lipinski definition) is 0. The van der Waals surface area contributed by atoms with Crippen molar-refractivity contribution in [1.29, 1.82) is 0 Å². The van der Waals surface area contributed by atoms with E-state index >= 15 is 0 Å². The molecule has 0 saturated heterocycles. The Hall–Kier alpha value is -2.35. The van der Waals surface area contributed by atoms with Crippen molar-refractivity contribution in [2.45, 2.75) is 0 Å². The highest BCUT2D eigenvalue weighted by atomic mass is 15.0. The molecule has 0 bridgehead atoms. The van der Waals surface area contributed by atoms with Crippen LogP contribution in [-0.4, -0.2) is 9.38 Å². The molecule has 0 aliphatic rings. The molecular formula is C15H10N2. The fourth-order valence-electron chi connectivity index (χ4n) is 2.44. The lowest BCUT2D eigenvalue weighted by atomic mass is 10.1. The van der Waals surface area contributed by atoms with E-state index in [1.165, 1.54) is 21.7 Å². The normalized spacial score (nSPS) is 11.5. The second-order valence-corrected chi connectivity index (χ2v) is 4.22. The second kappa shape index (κ2) is 3.08. The molecule has 80 valence electrons. The summed E-state index contributed by atoms with van der Waals surface area (Å²) in [7, 11) is 0. The Kier molecular flexibility index (Phi) is 1.59. The van der Waals surface area contributed by atoms with Crippen molar-refractivity contribution in [2.75, 3.05) is 0 Å². The fraction of sp³-hybridized carbons (Fsp3) is 0. The molecule has 2 heteroatoms. The van der Waals surface area contributed by atoms with Crippen LogP contribution in [0.3, 0.4) is 0 Å². The predicted molar refractivity (Wildman–Crippen MR) is 70.2 cm³/mol. The van der Waals surface area contributed by atoms with Gasteiger partial charge in [0, 0.05) is 23.2 Å². The Morgan fingerprint density at radius 1 is 0.882 bits per heavy atom. The van der Waals surface area contributed by atoms with E-state index in [-0.39, 0.29) is 0 Å². The summed E-state index contributed by atoms with van der Waals surface area (Å²) in [6.45, 7) is 0. The summed E-state index contributed by atoms with van der Waals surface area (Å²) in [5, 5.41) is 3.72. The van der Waals surface area contributed by atoms with Crippen molar-refractivity contribution in [3.63, 3.8) is 0 Å². The van der Waals surface area contributed by atoms with Crippen LogP contribution in [0.5, 0.6) is 0 Å². The molecule has 4 rings (SSSR count). The first-order valence-corrected chi connectivity index (χ1v) is 5.67. The largest absolute Gasteiger partial charge is 0.301 e. The van der Waals surface area contributed by atoms with Crippen LogP contribution in [0.25, 0.3) is 27.3 Å². The molecule has 0 aliphatic heterocycles. The monoisotopic (exact) mass is 218 g/mol. The maximum absolute atomic E-state index is 4.44. The van der Waals surface area contributed by atoms with Gasteiger partial charge in [-0.15, -0.1) is 0 Å². The van der Waals surface area contributed by atoms with Crippen LogP contribution in [-0.2, 0) is 0 Å². The maximum atomic E-state index is 4.44. The Morgan fingerprint density at radius 2 is 1.76 bits per heavy atom. The second-order valence-electron chi connectivity index (χ2n) is 4.22. The highest BCUT2D eigenvalue weighted by Gasteiger charge is 2.05. The Labute approximate surface area is 98.1 Å². The van der Waals surface area contributed by atoms with E-state index in [9.17, 15) is 0 Å². The van der Waals surface area contributed by atoms with Gasteiger partial charge in [0.25, 0.3) is 0 Å². The Balaban J connectivity index is 2.34. The first kappa shape index (κ1) is 8.76. The van der Waals surface area contributed by atoms with Crippen LogP contribution in [0, 0.1) is 0 Å². The van der Waals surface area contributed by atoms with Crippen LogP contribution in [0.2, 0.25) is 0 Å². The van der Waals surface area contributed by atoms with Gasteiger partial charge in [0.05, 0.1) is 5.52 Å². The van der Waals surface area contributed by atoms with E-state index in [4.69, 9.17) is 0 Å². The first-order valence-electron chi connectivity index (χ1n) is 5.67. The molecule has 0 aliphatic carbocycles. The zero-order chi connectivity index (χ0) is 11.2. The minimum absolute atomic E-state index is 1.02. The van der Waals surface area contributed by atoms with E-state index in [0.717, 1.165) is 5.65 Å². The number of pyridine rings is 2. The van der Waals surface area contributed by atoms with Crippen molar-refractivity contribution in [3.05, 3.63) is 60.9 Å². The maximum Gasteiger partial charge on any atom is 0.144 e. The molecule has 0 amide bonds. The van der Waals surface area contributed by atoms with Gasteiger partial charge in [0.15, 0.2) is 0 Å². The minimum atomic E-state index is 1.02. The Morgan fingerprint density at radius 3 is 2.76 bits per heavy atom. The third kappa shape index (κ3) is 1.12. The average Bonchev–Trinajstić information content (AvgIpc) is 2.78. The molecule has 4 aromatic rings. The molecule has 0 atom stereocenters. The third-order valence-corrected chi connectivity index (χ3v) is 3.24. The van der Waals surface area contributed by atoms with Gasteiger partial charge in [0.2, 0.25) is 0 Å². The summed E-state index contributed by atoms with van der Waals surface area (Å²) >= 11 is 0. The minimum Gasteiger partial charge on any atom is -0.301 e. The third-order valence-electron chi connectivity index (χ3n) is 3.24. The number of benzene rings is 1. The molecular weight excluding hydrogens is 208 g/mol. The quantitative estimate of drug-likeness (QED) is 0.440. The lowest BCUT2D eigenvalue weighted by Crippen LogP contribution is -1.86. The topological polar surface area (TPSA) is 17.3 Å². The van der Waals surface area contributed by atoms with E-state index in [1.54, 1.807) is 0 Å². The van der Waals surface area contributed by atoms with Gasteiger partial charge < -0.3 is 4.40 Å². The summed E-state index contributed by atoms with van der Waals surface area (Å²) in [4.78, 5) is 4.44. The molecule has 2 nitrogen and oxygen atoms in total. The van der Waals surface area contributed by atoms with Gasteiger partial charge in [-0.05, 0) is 29.7 Å². The van der Waals surface area contributed by atoms with Gasteiger partial charge in [-0.2, -0.15) is 0 Å². The van der Waals surface area contributed by atoms with E-state index < -0.39 is 0 Å². The highest BCUT2D eigenvalue weighted by molar-refractivity contribution is 6.01. The molecule has 3 aromatic heterocycles. The fourth-order valence-corrected chi connectivity index (χ4v) is 2.44. The highest BCUT2D eigenvalue weighted by Crippen LogP contribution is 2.25. The van der Waals surface area contributed by atoms with Crippen LogP contribution < -0.4 is 0 Å². The number of rotatable bonds is 0. The van der Waals surface area contributed by atoms with E-state index in [2.05, 4.69) is 58.0 Å². The van der Waals surface area contributed by atoms with Gasteiger partial charge in [-0.25, -0.2) is 4.98 Å². The van der Waals surface area contributed by atoms with Crippen molar-refractivity contribution in [2.24, 2.45) is 0 Å². The van der Waals surface area contributed by atoms with Crippen LogP contribution in [0.4, 0.5) is 0 Å². The molecule has 17 heavy (non-hydrogen) atoms. The summed E-state index contributed by atoms with van der Waals surface area (Å²) in [5.74, 6) is 0. The molecule has 1 aromatic carbocycles. The zero-order valence-electron chi connectivity index (χ0n) is 9.17. The van der Waals surface area contributed by atoms with Gasteiger partial charge in [-0.3, -0.25) is 0 Å². The molecule has 0 fully saturated rings. The number of nitrogens with zero attached hydrogens (tertiary/aromatic N) is 2. The van der Waals surface area contributed by atoms with Gasteiger partial charge >= 0.3 is 0 Å². The standard InChI is InChI=1S/C15H10N2/c1-2-6-13-11(4-1)7-9-17-14(13)10-12-5-3-8-16-15(12)17/h1-10H. The van der Waals surface area contributed by atoms with Crippen molar-refractivity contribution >= 4 is 27.3 Å². The van der Waals surface area contributed by atoms with Gasteiger partial charge in [0.1, 0.15) is 5.65 Å². The summed E-state index contributed by atoms with van der Waals surface area (Å²) in [6.07, 6.45) is 3.93. The van der Waals surface area contributed by atoms with Crippen LogP contribution >= 0.6 is 0 Å². The van der Waals surface area contributed by atoms with Crippen molar-refractivity contribution in [1.82, 2.24) is 9.38 Å². The zero-order valence-corrected chi connectivity index (χ0v) is 9.17. The number of fused-ring (bicyclic) bond motifs is 5. The smallest absolute Gasteiger partial charge is 0.144 e. The van der Waals surface area contributed by atoms with Crippen LogP contribution in [0.15, 0.2) is 60.9 Å². The summed E-state index contributed by atoms with van der Waals surface area (Å²) in [5.41, 5.74) is 2.24. The Bertz CT molecular complexity index is 843. The molecule has 0 spiro atoms. The molecule has 0 unspecified atom stereocenters. The van der Waals surface area contributed by atoms with E-state index in [0.29, 0.717) is 0 Å². The van der Waals surface area contributed by atoms with Crippen molar-refractivity contribution < 1.29 is 0 Å².